The van der Waals surface area contributed by atoms with Crippen LogP contribution in [0.15, 0.2) is 0 Å². The topological polar surface area (TPSA) is 30.5 Å². The molecule has 2 unspecified atom stereocenters. The second kappa shape index (κ2) is 3.64. The number of nitrogens with one attached hydrogen (secondary N) is 1. The average molecular weight is 221 g/mol. The van der Waals surface area contributed by atoms with Crippen LogP contribution in [0.3, 0.4) is 0 Å². The maximum Gasteiger partial charge on any atom is 0.264 e. The Morgan fingerprint density at radius 1 is 1.40 bits per heavy atom. The number of alkyl halides is 2. The average Bonchev–Trinajstić information content (AvgIpc) is 2.42. The molecule has 2 atom stereocenters. The van der Waals surface area contributed by atoms with Gasteiger partial charge in [0.15, 0.2) is 0 Å². The highest BCUT2D eigenvalue weighted by atomic mass is 19.3. The van der Waals surface area contributed by atoms with Crippen molar-refractivity contribution in [2.24, 2.45) is 0 Å². The standard InChI is InChI=1S/C10H17F2NO2/c1-9(2)5-10(6-14-9)13-4-3-7(15-10)8(11)12/h7-8,13H,3-6H2,1-2H3. The molecule has 2 heterocycles. The normalized spacial score (nSPS) is 40.2. The van der Waals surface area contributed by atoms with E-state index in [4.69, 9.17) is 9.47 Å². The van der Waals surface area contributed by atoms with Crippen molar-refractivity contribution >= 4 is 0 Å². The van der Waals surface area contributed by atoms with Crippen LogP contribution in [0.1, 0.15) is 26.7 Å². The summed E-state index contributed by atoms with van der Waals surface area (Å²) in [6.07, 6.45) is -2.39. The summed E-state index contributed by atoms with van der Waals surface area (Å²) in [5.74, 6) is 0. The van der Waals surface area contributed by atoms with Gasteiger partial charge in [0.25, 0.3) is 6.43 Å². The third kappa shape index (κ3) is 2.29. The van der Waals surface area contributed by atoms with Crippen LogP contribution in [-0.2, 0) is 9.47 Å². The molecule has 2 rings (SSSR count). The largest absolute Gasteiger partial charge is 0.371 e. The Balaban J connectivity index is 2.04. The molecule has 2 aliphatic heterocycles. The van der Waals surface area contributed by atoms with E-state index in [1.54, 1.807) is 0 Å². The van der Waals surface area contributed by atoms with Crippen molar-refractivity contribution in [1.29, 1.82) is 0 Å². The second-order valence-corrected chi connectivity index (χ2v) is 4.93. The van der Waals surface area contributed by atoms with E-state index in [0.29, 0.717) is 26.0 Å². The predicted octanol–water partition coefficient (Wildman–Crippen LogP) is 1.53. The van der Waals surface area contributed by atoms with Crippen molar-refractivity contribution in [3.63, 3.8) is 0 Å². The minimum absolute atomic E-state index is 0.295. The summed E-state index contributed by atoms with van der Waals surface area (Å²) in [7, 11) is 0. The van der Waals surface area contributed by atoms with E-state index in [-0.39, 0.29) is 5.60 Å². The van der Waals surface area contributed by atoms with Gasteiger partial charge in [0, 0.05) is 13.0 Å². The van der Waals surface area contributed by atoms with Crippen LogP contribution in [0.2, 0.25) is 0 Å². The van der Waals surface area contributed by atoms with Crippen LogP contribution in [0.4, 0.5) is 8.78 Å². The van der Waals surface area contributed by atoms with Gasteiger partial charge in [-0.1, -0.05) is 0 Å². The zero-order valence-corrected chi connectivity index (χ0v) is 9.06. The molecule has 0 aromatic rings. The smallest absolute Gasteiger partial charge is 0.264 e. The SMILES string of the molecule is CC1(C)CC2(CO1)NCCC(C(F)F)O2. The molecular weight excluding hydrogens is 204 g/mol. The molecular formula is C10H17F2NO2. The van der Waals surface area contributed by atoms with Gasteiger partial charge in [-0.15, -0.1) is 0 Å². The highest BCUT2D eigenvalue weighted by molar-refractivity contribution is 4.96. The van der Waals surface area contributed by atoms with Crippen LogP contribution >= 0.6 is 0 Å². The molecule has 0 aromatic heterocycles. The van der Waals surface area contributed by atoms with E-state index in [9.17, 15) is 8.78 Å². The summed E-state index contributed by atoms with van der Waals surface area (Å²) in [5, 5.41) is 3.15. The Bertz CT molecular complexity index is 248. The molecule has 0 amide bonds. The van der Waals surface area contributed by atoms with Crippen molar-refractivity contribution in [2.45, 2.75) is 50.5 Å². The van der Waals surface area contributed by atoms with E-state index in [1.165, 1.54) is 0 Å². The van der Waals surface area contributed by atoms with Crippen molar-refractivity contribution in [1.82, 2.24) is 5.32 Å². The lowest BCUT2D eigenvalue weighted by Crippen LogP contribution is -2.57. The van der Waals surface area contributed by atoms with Gasteiger partial charge in [-0.2, -0.15) is 0 Å². The molecule has 88 valence electrons. The van der Waals surface area contributed by atoms with Gasteiger partial charge in [-0.25, -0.2) is 8.78 Å². The van der Waals surface area contributed by atoms with Gasteiger partial charge < -0.3 is 9.47 Å². The predicted molar refractivity (Wildman–Crippen MR) is 50.9 cm³/mol. The van der Waals surface area contributed by atoms with Crippen LogP contribution in [-0.4, -0.2) is 37.0 Å². The first kappa shape index (κ1) is 11.2. The maximum atomic E-state index is 12.6. The van der Waals surface area contributed by atoms with Gasteiger partial charge in [0.2, 0.25) is 0 Å². The Morgan fingerprint density at radius 3 is 2.67 bits per heavy atom. The van der Waals surface area contributed by atoms with Crippen molar-refractivity contribution < 1.29 is 18.3 Å². The Hall–Kier alpha value is -0.260. The third-order valence-corrected chi connectivity index (χ3v) is 2.94. The zero-order valence-electron chi connectivity index (χ0n) is 9.06. The molecule has 0 aliphatic carbocycles. The van der Waals surface area contributed by atoms with E-state index in [0.717, 1.165) is 0 Å². The van der Waals surface area contributed by atoms with E-state index in [1.807, 2.05) is 13.8 Å². The molecule has 0 saturated carbocycles. The Morgan fingerprint density at radius 2 is 2.13 bits per heavy atom. The minimum atomic E-state index is -2.41. The summed E-state index contributed by atoms with van der Waals surface area (Å²) < 4.78 is 36.1. The summed E-state index contributed by atoms with van der Waals surface area (Å²) in [6.45, 7) is 4.80. The lowest BCUT2D eigenvalue weighted by molar-refractivity contribution is -0.182. The highest BCUT2D eigenvalue weighted by Gasteiger charge is 2.49. The number of halogens is 2. The first-order valence-electron chi connectivity index (χ1n) is 5.27. The minimum Gasteiger partial charge on any atom is -0.371 e. The molecule has 1 N–H and O–H groups in total. The molecule has 5 heteroatoms. The maximum absolute atomic E-state index is 12.6. The van der Waals surface area contributed by atoms with Crippen LogP contribution in [0.5, 0.6) is 0 Å². The summed E-state index contributed by atoms with van der Waals surface area (Å²) >= 11 is 0. The quantitative estimate of drug-likeness (QED) is 0.728. The van der Waals surface area contributed by atoms with E-state index in [2.05, 4.69) is 5.32 Å². The summed E-state index contributed by atoms with van der Waals surface area (Å²) in [6, 6.07) is 0. The molecule has 2 aliphatic rings. The first-order chi connectivity index (χ1) is 6.93. The molecule has 2 fully saturated rings. The number of rotatable bonds is 1. The van der Waals surface area contributed by atoms with Crippen molar-refractivity contribution in [3.8, 4) is 0 Å². The van der Waals surface area contributed by atoms with Gasteiger partial charge in [0.05, 0.1) is 12.2 Å². The summed E-state index contributed by atoms with van der Waals surface area (Å²) in [4.78, 5) is 0. The van der Waals surface area contributed by atoms with Crippen LogP contribution in [0.25, 0.3) is 0 Å². The summed E-state index contributed by atoms with van der Waals surface area (Å²) in [5.41, 5.74) is -0.986. The number of ether oxygens (including phenoxy) is 2. The van der Waals surface area contributed by atoms with Crippen LogP contribution in [0, 0.1) is 0 Å². The third-order valence-electron chi connectivity index (χ3n) is 2.94. The van der Waals surface area contributed by atoms with Crippen LogP contribution < -0.4 is 5.32 Å². The van der Waals surface area contributed by atoms with E-state index >= 15 is 0 Å². The van der Waals surface area contributed by atoms with E-state index < -0.39 is 18.3 Å². The second-order valence-electron chi connectivity index (χ2n) is 4.93. The van der Waals surface area contributed by atoms with Gasteiger partial charge >= 0.3 is 0 Å². The Labute approximate surface area is 88.1 Å². The molecule has 3 nitrogen and oxygen atoms in total. The molecule has 2 saturated heterocycles. The lowest BCUT2D eigenvalue weighted by Gasteiger charge is -2.38. The fourth-order valence-electron chi connectivity index (χ4n) is 2.30. The molecule has 0 radical (unpaired) electrons. The molecule has 0 aromatic carbocycles. The fourth-order valence-corrected chi connectivity index (χ4v) is 2.30. The molecule has 1 spiro atoms. The van der Waals surface area contributed by atoms with Gasteiger partial charge in [-0.05, 0) is 20.3 Å². The highest BCUT2D eigenvalue weighted by Crippen LogP contribution is 2.37. The molecule has 15 heavy (non-hydrogen) atoms. The number of hydrogen-bond donors (Lipinski definition) is 1. The number of hydrogen-bond acceptors (Lipinski definition) is 3. The molecule has 0 bridgehead atoms. The Kier molecular flexibility index (Phi) is 2.73. The van der Waals surface area contributed by atoms with Crippen molar-refractivity contribution in [2.75, 3.05) is 13.2 Å². The lowest BCUT2D eigenvalue weighted by atomic mass is 9.98. The monoisotopic (exact) mass is 221 g/mol. The zero-order chi connectivity index (χ0) is 11.1. The van der Waals surface area contributed by atoms with Crippen molar-refractivity contribution in [3.05, 3.63) is 0 Å². The first-order valence-corrected chi connectivity index (χ1v) is 5.27. The van der Waals surface area contributed by atoms with Gasteiger partial charge in [0.1, 0.15) is 11.8 Å². The van der Waals surface area contributed by atoms with Gasteiger partial charge in [-0.3, -0.25) is 5.32 Å². The fraction of sp³-hybridized carbons (Fsp3) is 1.00.